The molecule has 1 aromatic carbocycles. The van der Waals surface area contributed by atoms with Crippen molar-refractivity contribution in [1.29, 1.82) is 5.26 Å². The maximum atomic E-state index is 11.5. The predicted octanol–water partition coefficient (Wildman–Crippen LogP) is 1.81. The zero-order valence-electron chi connectivity index (χ0n) is 7.64. The Balaban J connectivity index is 3.19. The third kappa shape index (κ3) is 2.44. The van der Waals surface area contributed by atoms with Crippen LogP contribution in [0.15, 0.2) is 40.6 Å². The van der Waals surface area contributed by atoms with E-state index in [4.69, 9.17) is 5.26 Å². The molecule has 0 unspecified atom stereocenters. The second-order valence-electron chi connectivity index (χ2n) is 2.79. The first kappa shape index (κ1) is 10.5. The molecule has 72 valence electrons. The molecular formula is C10H9NO2S. The molecule has 0 fully saturated rings. The molecule has 0 saturated heterocycles. The molecule has 1 rings (SSSR count). The Morgan fingerprint density at radius 1 is 1.43 bits per heavy atom. The molecule has 0 aliphatic heterocycles. The summed E-state index contributed by atoms with van der Waals surface area (Å²) >= 11 is 0. The van der Waals surface area contributed by atoms with Crippen LogP contribution in [0.3, 0.4) is 0 Å². The number of sulfone groups is 1. The predicted molar refractivity (Wildman–Crippen MR) is 53.1 cm³/mol. The minimum absolute atomic E-state index is 0.212. The number of allylic oxidation sites excluding steroid dienone is 1. The van der Waals surface area contributed by atoms with E-state index in [1.165, 1.54) is 6.07 Å². The van der Waals surface area contributed by atoms with Crippen LogP contribution >= 0.6 is 0 Å². The monoisotopic (exact) mass is 207 g/mol. The lowest BCUT2D eigenvalue weighted by Crippen LogP contribution is -1.95. The van der Waals surface area contributed by atoms with Crippen LogP contribution in [0.25, 0.3) is 0 Å². The summed E-state index contributed by atoms with van der Waals surface area (Å²) < 4.78 is 23.0. The minimum Gasteiger partial charge on any atom is -0.219 e. The summed E-state index contributed by atoms with van der Waals surface area (Å²) in [6.07, 6.45) is 0.956. The van der Waals surface area contributed by atoms with Crippen molar-refractivity contribution in [2.24, 2.45) is 0 Å². The van der Waals surface area contributed by atoms with E-state index in [2.05, 4.69) is 0 Å². The van der Waals surface area contributed by atoms with E-state index in [1.54, 1.807) is 18.2 Å². The fourth-order valence-corrected chi connectivity index (χ4v) is 2.01. The average molecular weight is 207 g/mol. The van der Waals surface area contributed by atoms with Gasteiger partial charge in [-0.1, -0.05) is 12.1 Å². The molecule has 1 aromatic rings. The second kappa shape index (κ2) is 4.07. The van der Waals surface area contributed by atoms with E-state index < -0.39 is 9.84 Å². The summed E-state index contributed by atoms with van der Waals surface area (Å²) in [6.45, 7) is 1.81. The first-order valence-corrected chi connectivity index (χ1v) is 5.49. The van der Waals surface area contributed by atoms with Gasteiger partial charge in [-0.3, -0.25) is 0 Å². The van der Waals surface area contributed by atoms with Gasteiger partial charge in [0.1, 0.15) is 0 Å². The van der Waals surface area contributed by atoms with Crippen molar-refractivity contribution in [2.45, 2.75) is 11.8 Å². The molecule has 0 saturated carbocycles. The van der Waals surface area contributed by atoms with Crippen molar-refractivity contribution in [3.8, 4) is 6.07 Å². The first-order valence-electron chi connectivity index (χ1n) is 3.94. The molecule has 0 spiro atoms. The van der Waals surface area contributed by atoms with Crippen molar-refractivity contribution in [3.05, 3.63) is 41.3 Å². The number of hydrogen-bond acceptors (Lipinski definition) is 3. The Hall–Kier alpha value is -1.60. The normalized spacial score (nSPS) is 11.4. The fourth-order valence-electron chi connectivity index (χ4n) is 0.991. The summed E-state index contributed by atoms with van der Waals surface area (Å²) in [5, 5.41) is 9.13. The average Bonchev–Trinajstić information content (AvgIpc) is 2.15. The molecule has 0 aromatic heterocycles. The van der Waals surface area contributed by atoms with Gasteiger partial charge in [0, 0.05) is 11.5 Å². The largest absolute Gasteiger partial charge is 0.219 e. The number of hydrogen-bond donors (Lipinski definition) is 0. The van der Waals surface area contributed by atoms with E-state index in [-0.39, 0.29) is 4.90 Å². The lowest BCUT2D eigenvalue weighted by atomic mass is 10.2. The Bertz CT molecular complexity index is 495. The summed E-state index contributed by atoms with van der Waals surface area (Å²) in [7, 11) is -3.45. The van der Waals surface area contributed by atoms with E-state index in [0.717, 1.165) is 17.0 Å². The van der Waals surface area contributed by atoms with Crippen molar-refractivity contribution < 1.29 is 8.42 Å². The lowest BCUT2D eigenvalue weighted by Gasteiger charge is -1.98. The summed E-state index contributed by atoms with van der Waals surface area (Å²) in [4.78, 5) is 0.212. The summed E-state index contributed by atoms with van der Waals surface area (Å²) in [6, 6.07) is 8.20. The number of aryl methyl sites for hydroxylation is 1. The van der Waals surface area contributed by atoms with E-state index in [1.807, 2.05) is 13.0 Å². The molecule has 14 heavy (non-hydrogen) atoms. The highest BCUT2D eigenvalue weighted by Crippen LogP contribution is 2.13. The molecule has 3 nitrogen and oxygen atoms in total. The number of benzene rings is 1. The van der Waals surface area contributed by atoms with E-state index in [0.29, 0.717) is 0 Å². The van der Waals surface area contributed by atoms with Crippen LogP contribution in [-0.4, -0.2) is 8.42 Å². The molecule has 0 amide bonds. The van der Waals surface area contributed by atoms with Crippen LogP contribution in [0.1, 0.15) is 5.56 Å². The van der Waals surface area contributed by atoms with Crippen LogP contribution in [0.2, 0.25) is 0 Å². The Morgan fingerprint density at radius 2 is 2.14 bits per heavy atom. The van der Waals surface area contributed by atoms with Crippen molar-refractivity contribution in [2.75, 3.05) is 0 Å². The van der Waals surface area contributed by atoms with Gasteiger partial charge >= 0.3 is 0 Å². The Morgan fingerprint density at radius 3 is 2.71 bits per heavy atom. The van der Waals surface area contributed by atoms with Gasteiger partial charge in [-0.05, 0) is 24.6 Å². The number of nitrogens with zero attached hydrogens (tertiary/aromatic N) is 1. The van der Waals surface area contributed by atoms with Crippen LogP contribution in [0.4, 0.5) is 0 Å². The van der Waals surface area contributed by atoms with Crippen LogP contribution < -0.4 is 0 Å². The Kier molecular flexibility index (Phi) is 3.05. The maximum Gasteiger partial charge on any atom is 0.200 e. The van der Waals surface area contributed by atoms with Crippen molar-refractivity contribution >= 4 is 9.84 Å². The number of nitriles is 1. The number of rotatable bonds is 2. The molecule has 0 heterocycles. The lowest BCUT2D eigenvalue weighted by molar-refractivity contribution is 0.604. The first-order chi connectivity index (χ1) is 6.56. The molecule has 0 N–H and O–H groups in total. The second-order valence-corrected chi connectivity index (χ2v) is 4.63. The van der Waals surface area contributed by atoms with Gasteiger partial charge in [0.2, 0.25) is 9.84 Å². The van der Waals surface area contributed by atoms with Crippen molar-refractivity contribution in [1.82, 2.24) is 0 Å². The quantitative estimate of drug-likeness (QED) is 0.695. The SMILES string of the molecule is Cc1cccc(S(=O)(=O)C=CC#N)c1. The molecule has 0 radical (unpaired) electrons. The zero-order valence-corrected chi connectivity index (χ0v) is 8.45. The maximum absolute atomic E-state index is 11.5. The standard InChI is InChI=1S/C10H9NO2S/c1-9-4-2-5-10(8-9)14(12,13)7-3-6-11/h2-5,7-8H,1H3. The van der Waals surface area contributed by atoms with Crippen LogP contribution in [0, 0.1) is 18.3 Å². The molecule has 0 atom stereocenters. The Labute approximate surface area is 83.2 Å². The van der Waals surface area contributed by atoms with Gasteiger partial charge in [0.25, 0.3) is 0 Å². The molecule has 0 aliphatic carbocycles. The summed E-state index contributed by atoms with van der Waals surface area (Å²) in [5.74, 6) is 0. The summed E-state index contributed by atoms with van der Waals surface area (Å²) in [5.41, 5.74) is 0.872. The fraction of sp³-hybridized carbons (Fsp3) is 0.100. The van der Waals surface area contributed by atoms with Gasteiger partial charge < -0.3 is 0 Å². The highest BCUT2D eigenvalue weighted by atomic mass is 32.2. The highest BCUT2D eigenvalue weighted by Gasteiger charge is 2.09. The highest BCUT2D eigenvalue weighted by molar-refractivity contribution is 7.94. The van der Waals surface area contributed by atoms with Gasteiger partial charge in [-0.25, -0.2) is 8.42 Å². The van der Waals surface area contributed by atoms with E-state index >= 15 is 0 Å². The smallest absolute Gasteiger partial charge is 0.200 e. The van der Waals surface area contributed by atoms with Gasteiger partial charge in [0.15, 0.2) is 0 Å². The van der Waals surface area contributed by atoms with Gasteiger partial charge in [-0.15, -0.1) is 0 Å². The molecule has 4 heteroatoms. The van der Waals surface area contributed by atoms with E-state index in [9.17, 15) is 8.42 Å². The topological polar surface area (TPSA) is 57.9 Å². The van der Waals surface area contributed by atoms with Crippen molar-refractivity contribution in [3.63, 3.8) is 0 Å². The molecule has 0 aliphatic rings. The third-order valence-electron chi connectivity index (χ3n) is 1.64. The van der Waals surface area contributed by atoms with Gasteiger partial charge in [-0.2, -0.15) is 5.26 Å². The van der Waals surface area contributed by atoms with Gasteiger partial charge in [0.05, 0.1) is 11.0 Å². The minimum atomic E-state index is -3.45. The van der Waals surface area contributed by atoms with Crippen LogP contribution in [0.5, 0.6) is 0 Å². The zero-order chi connectivity index (χ0) is 10.6. The molecular weight excluding hydrogens is 198 g/mol. The van der Waals surface area contributed by atoms with Crippen LogP contribution in [-0.2, 0) is 9.84 Å². The third-order valence-corrected chi connectivity index (χ3v) is 3.05. The molecule has 0 bridgehead atoms.